The maximum atomic E-state index is 14.3. The summed E-state index contributed by atoms with van der Waals surface area (Å²) in [6.07, 6.45) is 6.20. The van der Waals surface area contributed by atoms with E-state index in [1.807, 2.05) is 24.3 Å². The number of rotatable bonds is 12. The van der Waals surface area contributed by atoms with Crippen molar-refractivity contribution in [2.75, 3.05) is 26.3 Å². The second kappa shape index (κ2) is 10.9. The van der Waals surface area contributed by atoms with Crippen LogP contribution in [0.3, 0.4) is 0 Å². The van der Waals surface area contributed by atoms with Gasteiger partial charge in [-0.05, 0) is 37.8 Å². The summed E-state index contributed by atoms with van der Waals surface area (Å²) in [6.45, 7) is 7.91. The lowest BCUT2D eigenvalue weighted by Crippen LogP contribution is -2.55. The number of ether oxygens (including phenoxy) is 1. The van der Waals surface area contributed by atoms with Crippen molar-refractivity contribution in [3.05, 3.63) is 49.6 Å². The molecule has 3 aliphatic heterocycles. The van der Waals surface area contributed by atoms with Crippen LogP contribution >= 0.6 is 11.8 Å². The van der Waals surface area contributed by atoms with Gasteiger partial charge in [-0.2, -0.15) is 0 Å². The molecule has 3 fully saturated rings. The standard InChI is InChI=1S/C27H33N5O5S/c1-3-5-8-16-37-26(36)21-20-11-12-27(38-20)22(21)24(34)31(14-15-33)23(27)25(35)30(13-4-2)17-32-19-10-7-6-9-18(19)28-29-32/h3-4,6-7,9-10,20-23,33H,1-2,5,8,11-17H2/t20-,21+,22+,23?,27?/m1/s1. The number of aliphatic hydroxyl groups excluding tert-OH is 1. The number of carbonyl (C=O) groups is 3. The molecular formula is C27H33N5O5S. The van der Waals surface area contributed by atoms with Crippen molar-refractivity contribution in [1.29, 1.82) is 0 Å². The molecule has 5 rings (SSSR count). The zero-order chi connectivity index (χ0) is 26.9. The Labute approximate surface area is 225 Å². The van der Waals surface area contributed by atoms with E-state index in [9.17, 15) is 19.5 Å². The van der Waals surface area contributed by atoms with E-state index in [1.54, 1.807) is 33.5 Å². The second-order valence-electron chi connectivity index (χ2n) is 9.98. The van der Waals surface area contributed by atoms with E-state index in [0.29, 0.717) is 12.8 Å². The number of hydrogen-bond donors (Lipinski definition) is 1. The Morgan fingerprint density at radius 1 is 1.29 bits per heavy atom. The predicted molar refractivity (Wildman–Crippen MR) is 143 cm³/mol. The van der Waals surface area contributed by atoms with E-state index in [2.05, 4.69) is 23.5 Å². The van der Waals surface area contributed by atoms with Crippen molar-refractivity contribution in [1.82, 2.24) is 24.8 Å². The summed E-state index contributed by atoms with van der Waals surface area (Å²) in [5.41, 5.74) is 1.50. The summed E-state index contributed by atoms with van der Waals surface area (Å²) < 4.78 is 6.48. The molecule has 2 bridgehead atoms. The molecule has 1 N–H and O–H groups in total. The molecule has 202 valence electrons. The van der Waals surface area contributed by atoms with E-state index < -0.39 is 22.6 Å². The first-order valence-corrected chi connectivity index (χ1v) is 13.9. The van der Waals surface area contributed by atoms with Gasteiger partial charge >= 0.3 is 5.97 Å². The molecule has 2 aromatic rings. The largest absolute Gasteiger partial charge is 0.465 e. The van der Waals surface area contributed by atoms with Gasteiger partial charge in [-0.15, -0.1) is 30.0 Å². The zero-order valence-electron chi connectivity index (χ0n) is 21.3. The molecule has 0 saturated carbocycles. The average Bonchev–Trinajstić information content (AvgIpc) is 3.66. The van der Waals surface area contributed by atoms with Crippen LogP contribution in [0.2, 0.25) is 0 Å². The Balaban J connectivity index is 1.44. The lowest BCUT2D eigenvalue weighted by atomic mass is 9.71. The van der Waals surface area contributed by atoms with Crippen LogP contribution < -0.4 is 0 Å². The smallest absolute Gasteiger partial charge is 0.310 e. The molecule has 1 aromatic heterocycles. The van der Waals surface area contributed by atoms with Crippen molar-refractivity contribution in [3.63, 3.8) is 0 Å². The van der Waals surface area contributed by atoms with Gasteiger partial charge in [0.1, 0.15) is 18.2 Å². The highest BCUT2D eigenvalue weighted by atomic mass is 32.2. The molecule has 3 aliphatic rings. The molecule has 5 atom stereocenters. The van der Waals surface area contributed by atoms with E-state index in [0.717, 1.165) is 23.9 Å². The molecule has 2 amide bonds. The molecule has 0 aliphatic carbocycles. The summed E-state index contributed by atoms with van der Waals surface area (Å²) in [6, 6.07) is 6.69. The number of para-hydroxylation sites is 1. The fraction of sp³-hybridized carbons (Fsp3) is 0.519. The van der Waals surface area contributed by atoms with Crippen molar-refractivity contribution < 1.29 is 24.2 Å². The van der Waals surface area contributed by atoms with Crippen LogP contribution in [0, 0.1) is 11.8 Å². The number of benzene rings is 1. The molecule has 1 aromatic carbocycles. The maximum absolute atomic E-state index is 14.3. The number of thioether (sulfide) groups is 1. The van der Waals surface area contributed by atoms with Crippen molar-refractivity contribution in [2.24, 2.45) is 11.8 Å². The predicted octanol–water partition coefficient (Wildman–Crippen LogP) is 2.00. The molecule has 11 heteroatoms. The fourth-order valence-electron chi connectivity index (χ4n) is 6.27. The van der Waals surface area contributed by atoms with Gasteiger partial charge in [-0.1, -0.05) is 29.5 Å². The van der Waals surface area contributed by atoms with E-state index in [1.165, 1.54) is 4.90 Å². The summed E-state index contributed by atoms with van der Waals surface area (Å²) >= 11 is 1.58. The van der Waals surface area contributed by atoms with Crippen LogP contribution in [0.5, 0.6) is 0 Å². The number of hydrogen-bond acceptors (Lipinski definition) is 8. The van der Waals surface area contributed by atoms with Crippen molar-refractivity contribution in [3.8, 4) is 0 Å². The number of nitrogens with zero attached hydrogens (tertiary/aromatic N) is 5. The van der Waals surface area contributed by atoms with Crippen LogP contribution in [0.4, 0.5) is 0 Å². The summed E-state index contributed by atoms with van der Waals surface area (Å²) in [5, 5.41) is 18.2. The number of likely N-dealkylation sites (tertiary alicyclic amines) is 1. The van der Waals surface area contributed by atoms with Gasteiger partial charge < -0.3 is 19.6 Å². The first-order chi connectivity index (χ1) is 18.5. The SMILES string of the molecule is C=CCCCOC(=O)[C@@H]1[C@H]2C(=O)N(CCO)C(C(=O)N(CC=C)Cn3nnc4ccccc43)C23CC[C@H]1S3. The molecular weight excluding hydrogens is 506 g/mol. The van der Waals surface area contributed by atoms with E-state index in [-0.39, 0.29) is 56.0 Å². The topological polar surface area (TPSA) is 118 Å². The fourth-order valence-corrected chi connectivity index (χ4v) is 8.48. The maximum Gasteiger partial charge on any atom is 0.310 e. The number of aliphatic hydroxyl groups is 1. The molecule has 0 radical (unpaired) electrons. The Bertz CT molecular complexity index is 1250. The van der Waals surface area contributed by atoms with Gasteiger partial charge in [0.15, 0.2) is 0 Å². The quantitative estimate of drug-likeness (QED) is 0.247. The number of amides is 2. The van der Waals surface area contributed by atoms with Crippen LogP contribution in [-0.2, 0) is 25.8 Å². The van der Waals surface area contributed by atoms with Gasteiger partial charge in [0.05, 0.1) is 35.3 Å². The average molecular weight is 540 g/mol. The minimum absolute atomic E-state index is 0.0218. The van der Waals surface area contributed by atoms with E-state index >= 15 is 0 Å². The molecule has 38 heavy (non-hydrogen) atoms. The summed E-state index contributed by atoms with van der Waals surface area (Å²) in [5.74, 6) is -2.14. The van der Waals surface area contributed by atoms with Gasteiger partial charge in [0.25, 0.3) is 0 Å². The Morgan fingerprint density at radius 2 is 2.11 bits per heavy atom. The van der Waals surface area contributed by atoms with Crippen molar-refractivity contribution >= 4 is 40.6 Å². The molecule has 2 unspecified atom stereocenters. The normalized spacial score (nSPS) is 27.5. The number of carbonyl (C=O) groups excluding carboxylic acids is 3. The highest BCUT2D eigenvalue weighted by Crippen LogP contribution is 2.66. The minimum Gasteiger partial charge on any atom is -0.465 e. The van der Waals surface area contributed by atoms with E-state index in [4.69, 9.17) is 4.74 Å². The van der Waals surface area contributed by atoms with Crippen molar-refractivity contribution in [2.45, 2.75) is 48.4 Å². The van der Waals surface area contributed by atoms with Gasteiger partial charge in [-0.25, -0.2) is 4.68 Å². The molecule has 10 nitrogen and oxygen atoms in total. The third-order valence-corrected chi connectivity index (χ3v) is 9.78. The van der Waals surface area contributed by atoms with Crippen LogP contribution in [0.1, 0.15) is 25.7 Å². The van der Waals surface area contributed by atoms with Gasteiger partial charge in [0.2, 0.25) is 11.8 Å². The Hall–Kier alpha value is -3.18. The lowest BCUT2D eigenvalue weighted by Gasteiger charge is -2.37. The molecule has 4 heterocycles. The third kappa shape index (κ3) is 4.31. The minimum atomic E-state index is -0.810. The first-order valence-electron chi connectivity index (χ1n) is 13.0. The monoisotopic (exact) mass is 539 g/mol. The number of fused-ring (bicyclic) bond motifs is 2. The number of aromatic nitrogens is 3. The highest BCUT2D eigenvalue weighted by Gasteiger charge is 2.74. The lowest BCUT2D eigenvalue weighted by molar-refractivity contribution is -0.154. The van der Waals surface area contributed by atoms with Crippen LogP contribution in [0.15, 0.2) is 49.6 Å². The van der Waals surface area contributed by atoms with Crippen LogP contribution in [0.25, 0.3) is 11.0 Å². The third-order valence-electron chi connectivity index (χ3n) is 7.83. The van der Waals surface area contributed by atoms with Crippen LogP contribution in [-0.4, -0.2) is 90.0 Å². The number of esters is 1. The molecule has 1 spiro atoms. The Morgan fingerprint density at radius 3 is 2.87 bits per heavy atom. The highest BCUT2D eigenvalue weighted by molar-refractivity contribution is 8.02. The number of β-amino-alcohol motifs (C(OH)–C–C–N with tert-alkyl or cyclic N) is 1. The molecule has 3 saturated heterocycles. The summed E-state index contributed by atoms with van der Waals surface area (Å²) in [7, 11) is 0. The first kappa shape index (κ1) is 26.4. The second-order valence-corrected chi connectivity index (χ2v) is 11.6. The number of allylic oxidation sites excluding steroid dienone is 1. The van der Waals surface area contributed by atoms with Gasteiger partial charge in [-0.3, -0.25) is 14.4 Å². The Kier molecular flexibility index (Phi) is 7.58. The number of unbranched alkanes of at least 4 members (excludes halogenated alkanes) is 1. The summed E-state index contributed by atoms with van der Waals surface area (Å²) in [4.78, 5) is 44.4. The van der Waals surface area contributed by atoms with Gasteiger partial charge in [0, 0.05) is 18.3 Å². The zero-order valence-corrected chi connectivity index (χ0v) is 22.1.